The van der Waals surface area contributed by atoms with Gasteiger partial charge in [0.1, 0.15) is 0 Å². The van der Waals surface area contributed by atoms with Crippen molar-refractivity contribution in [2.24, 2.45) is 5.92 Å². The van der Waals surface area contributed by atoms with E-state index in [1.165, 1.54) is 12.8 Å². The molecule has 94 valence electrons. The predicted octanol–water partition coefficient (Wildman–Crippen LogP) is 2.46. The van der Waals surface area contributed by atoms with Gasteiger partial charge >= 0.3 is 5.97 Å². The molecular formula is C12H18N2O2S. The molecule has 17 heavy (non-hydrogen) atoms. The summed E-state index contributed by atoms with van der Waals surface area (Å²) in [4.78, 5) is 15.7. The molecular weight excluding hydrogens is 236 g/mol. The maximum atomic E-state index is 11.3. The lowest BCUT2D eigenvalue weighted by atomic mass is 9.82. The summed E-state index contributed by atoms with van der Waals surface area (Å²) in [6.07, 6.45) is 2.70. The predicted molar refractivity (Wildman–Crippen MR) is 68.3 cm³/mol. The molecule has 0 radical (unpaired) electrons. The summed E-state index contributed by atoms with van der Waals surface area (Å²) in [7, 11) is 0. The van der Waals surface area contributed by atoms with Crippen LogP contribution in [-0.4, -0.2) is 23.6 Å². The van der Waals surface area contributed by atoms with E-state index in [4.69, 9.17) is 4.74 Å². The normalized spacial score (nSPS) is 22.9. The minimum atomic E-state index is -0.207. The van der Waals surface area contributed by atoms with Gasteiger partial charge in [-0.3, -0.25) is 4.79 Å². The van der Waals surface area contributed by atoms with E-state index >= 15 is 0 Å². The molecule has 0 atom stereocenters. The third-order valence-electron chi connectivity index (χ3n) is 2.88. The van der Waals surface area contributed by atoms with Gasteiger partial charge < -0.3 is 10.1 Å². The van der Waals surface area contributed by atoms with Crippen LogP contribution in [0.4, 0.5) is 5.13 Å². The highest BCUT2D eigenvalue weighted by molar-refractivity contribution is 7.13. The summed E-state index contributed by atoms with van der Waals surface area (Å²) in [6, 6.07) is 0.562. The monoisotopic (exact) mass is 254 g/mol. The van der Waals surface area contributed by atoms with E-state index in [0.717, 1.165) is 16.7 Å². The minimum absolute atomic E-state index is 0.207. The summed E-state index contributed by atoms with van der Waals surface area (Å²) in [6.45, 7) is 4.49. The second-order valence-electron chi connectivity index (χ2n) is 4.54. The number of carbonyl (C=O) groups is 1. The number of nitrogens with one attached hydrogen (secondary N) is 1. The lowest BCUT2D eigenvalue weighted by Gasteiger charge is -2.33. The molecule has 0 amide bonds. The lowest BCUT2D eigenvalue weighted by molar-refractivity contribution is -0.142. The molecule has 0 saturated heterocycles. The molecule has 0 unspecified atom stereocenters. The molecule has 1 N–H and O–H groups in total. The zero-order valence-electron chi connectivity index (χ0n) is 10.2. The zero-order chi connectivity index (χ0) is 12.3. The SMILES string of the molecule is CCOC(=O)Cc1csc(NC2CC(C)C2)n1. The van der Waals surface area contributed by atoms with E-state index < -0.39 is 0 Å². The minimum Gasteiger partial charge on any atom is -0.466 e. The van der Waals surface area contributed by atoms with E-state index in [-0.39, 0.29) is 12.4 Å². The van der Waals surface area contributed by atoms with Crippen LogP contribution in [0, 0.1) is 5.92 Å². The number of anilines is 1. The molecule has 0 aromatic carbocycles. The Bertz CT molecular complexity index is 386. The Labute approximate surface area is 105 Å². The number of hydrogen-bond acceptors (Lipinski definition) is 5. The summed E-state index contributed by atoms with van der Waals surface area (Å²) < 4.78 is 4.89. The van der Waals surface area contributed by atoms with Crippen LogP contribution in [0.25, 0.3) is 0 Å². The average molecular weight is 254 g/mol. The highest BCUT2D eigenvalue weighted by atomic mass is 32.1. The summed E-state index contributed by atoms with van der Waals surface area (Å²) >= 11 is 1.56. The molecule has 1 aromatic heterocycles. The van der Waals surface area contributed by atoms with Gasteiger partial charge in [0, 0.05) is 11.4 Å². The molecule has 5 heteroatoms. The van der Waals surface area contributed by atoms with Gasteiger partial charge in [0.2, 0.25) is 0 Å². The number of carbonyl (C=O) groups excluding carboxylic acids is 1. The van der Waals surface area contributed by atoms with Crippen molar-refractivity contribution in [1.29, 1.82) is 0 Å². The standard InChI is InChI=1S/C12H18N2O2S/c1-3-16-11(15)6-10-7-17-12(14-10)13-9-4-8(2)5-9/h7-9H,3-6H2,1-2H3,(H,13,14). The lowest BCUT2D eigenvalue weighted by Crippen LogP contribution is -2.33. The van der Waals surface area contributed by atoms with Crippen LogP contribution in [0.2, 0.25) is 0 Å². The van der Waals surface area contributed by atoms with Crippen LogP contribution >= 0.6 is 11.3 Å². The van der Waals surface area contributed by atoms with Gasteiger partial charge in [-0.1, -0.05) is 6.92 Å². The van der Waals surface area contributed by atoms with Crippen molar-refractivity contribution in [2.75, 3.05) is 11.9 Å². The van der Waals surface area contributed by atoms with E-state index in [2.05, 4.69) is 17.2 Å². The van der Waals surface area contributed by atoms with Crippen LogP contribution in [0.5, 0.6) is 0 Å². The first-order valence-electron chi connectivity index (χ1n) is 6.04. The van der Waals surface area contributed by atoms with Gasteiger partial charge in [0.15, 0.2) is 5.13 Å². The molecule has 1 aliphatic carbocycles. The Morgan fingerprint density at radius 1 is 1.65 bits per heavy atom. The highest BCUT2D eigenvalue weighted by Crippen LogP contribution is 2.30. The first kappa shape index (κ1) is 12.4. The van der Waals surface area contributed by atoms with Gasteiger partial charge in [-0.2, -0.15) is 0 Å². The molecule has 1 saturated carbocycles. The first-order valence-corrected chi connectivity index (χ1v) is 6.92. The van der Waals surface area contributed by atoms with Crippen molar-refractivity contribution in [2.45, 2.75) is 39.2 Å². The quantitative estimate of drug-likeness (QED) is 0.820. The zero-order valence-corrected chi connectivity index (χ0v) is 11.0. The van der Waals surface area contributed by atoms with Crippen molar-refractivity contribution in [3.63, 3.8) is 0 Å². The number of ether oxygens (including phenoxy) is 1. The summed E-state index contributed by atoms with van der Waals surface area (Å²) in [5, 5.41) is 6.23. The molecule has 0 spiro atoms. The molecule has 4 nitrogen and oxygen atoms in total. The highest BCUT2D eigenvalue weighted by Gasteiger charge is 2.25. The maximum Gasteiger partial charge on any atom is 0.311 e. The fraction of sp³-hybridized carbons (Fsp3) is 0.667. The maximum absolute atomic E-state index is 11.3. The molecule has 1 aromatic rings. The third kappa shape index (κ3) is 3.43. The van der Waals surface area contributed by atoms with Crippen LogP contribution < -0.4 is 5.32 Å². The van der Waals surface area contributed by atoms with Gasteiger partial charge in [0.25, 0.3) is 0 Å². The molecule has 1 aliphatic rings. The van der Waals surface area contributed by atoms with Crippen molar-refractivity contribution in [3.05, 3.63) is 11.1 Å². The van der Waals surface area contributed by atoms with Gasteiger partial charge in [-0.25, -0.2) is 4.98 Å². The van der Waals surface area contributed by atoms with Crippen LogP contribution in [-0.2, 0) is 16.0 Å². The Morgan fingerprint density at radius 3 is 3.06 bits per heavy atom. The first-order chi connectivity index (χ1) is 8.17. The largest absolute Gasteiger partial charge is 0.466 e. The smallest absolute Gasteiger partial charge is 0.311 e. The van der Waals surface area contributed by atoms with Crippen molar-refractivity contribution in [3.8, 4) is 0 Å². The topological polar surface area (TPSA) is 51.2 Å². The molecule has 0 bridgehead atoms. The van der Waals surface area contributed by atoms with Crippen molar-refractivity contribution >= 4 is 22.4 Å². The Hall–Kier alpha value is -1.10. The molecule has 0 aliphatic heterocycles. The second-order valence-corrected chi connectivity index (χ2v) is 5.40. The third-order valence-corrected chi connectivity index (χ3v) is 3.71. The number of aromatic nitrogens is 1. The Morgan fingerprint density at radius 2 is 2.41 bits per heavy atom. The van der Waals surface area contributed by atoms with E-state index in [9.17, 15) is 4.79 Å². The fourth-order valence-electron chi connectivity index (χ4n) is 2.01. The van der Waals surface area contributed by atoms with Crippen LogP contribution in [0.15, 0.2) is 5.38 Å². The average Bonchev–Trinajstić information content (AvgIpc) is 2.63. The molecule has 2 rings (SSSR count). The van der Waals surface area contributed by atoms with Gasteiger partial charge in [0.05, 0.1) is 18.7 Å². The Balaban J connectivity index is 1.81. The second kappa shape index (κ2) is 5.49. The Kier molecular flexibility index (Phi) is 3.99. The van der Waals surface area contributed by atoms with Crippen LogP contribution in [0.3, 0.4) is 0 Å². The van der Waals surface area contributed by atoms with E-state index in [1.54, 1.807) is 11.3 Å². The number of nitrogens with zero attached hydrogens (tertiary/aromatic N) is 1. The van der Waals surface area contributed by atoms with Crippen molar-refractivity contribution in [1.82, 2.24) is 4.98 Å². The van der Waals surface area contributed by atoms with Gasteiger partial charge in [-0.05, 0) is 25.7 Å². The summed E-state index contributed by atoms with van der Waals surface area (Å²) in [5.41, 5.74) is 0.795. The van der Waals surface area contributed by atoms with E-state index in [0.29, 0.717) is 12.6 Å². The number of hydrogen-bond donors (Lipinski definition) is 1. The fourth-order valence-corrected chi connectivity index (χ4v) is 2.80. The van der Waals surface area contributed by atoms with Gasteiger partial charge in [-0.15, -0.1) is 11.3 Å². The number of esters is 1. The van der Waals surface area contributed by atoms with Crippen LogP contribution in [0.1, 0.15) is 32.4 Å². The molecule has 1 fully saturated rings. The van der Waals surface area contributed by atoms with Crippen molar-refractivity contribution < 1.29 is 9.53 Å². The summed E-state index contributed by atoms with van der Waals surface area (Å²) in [5.74, 6) is 0.619. The number of rotatable bonds is 5. The number of thiazole rings is 1. The molecule has 1 heterocycles. The van der Waals surface area contributed by atoms with E-state index in [1.807, 2.05) is 12.3 Å².